The largest absolute Gasteiger partial charge is 0.495 e. The number of carbonyl (C=O) groups is 1. The minimum atomic E-state index is -0.121. The second-order valence-electron chi connectivity index (χ2n) is 6.77. The van der Waals surface area contributed by atoms with Gasteiger partial charge in [-0.15, -0.1) is 0 Å². The Bertz CT molecular complexity index is 1190. The molecule has 1 heterocycles. The van der Waals surface area contributed by atoms with Crippen LogP contribution in [0.25, 0.3) is 22.3 Å². The Kier molecular flexibility index (Phi) is 5.95. The number of ether oxygens (including phenoxy) is 1. The van der Waals surface area contributed by atoms with Crippen LogP contribution in [0, 0.1) is 6.92 Å². The molecule has 4 rings (SSSR count). The van der Waals surface area contributed by atoms with Gasteiger partial charge < -0.3 is 10.1 Å². The van der Waals surface area contributed by atoms with Crippen LogP contribution in [0.1, 0.15) is 5.56 Å². The first kappa shape index (κ1) is 19.9. The zero-order chi connectivity index (χ0) is 20.9. The number of thioether (sulfide) groups is 1. The fourth-order valence-electron chi connectivity index (χ4n) is 3.06. The highest BCUT2D eigenvalue weighted by molar-refractivity contribution is 8.00. The normalized spacial score (nSPS) is 10.7. The van der Waals surface area contributed by atoms with Crippen LogP contribution >= 0.6 is 11.8 Å². The molecular formula is C24H21N3O2S. The number of rotatable bonds is 6. The third kappa shape index (κ3) is 4.44. The smallest absolute Gasteiger partial charge is 0.234 e. The summed E-state index contributed by atoms with van der Waals surface area (Å²) in [5, 5.41) is 4.62. The number of aromatic nitrogens is 2. The molecule has 0 aliphatic rings. The fourth-order valence-corrected chi connectivity index (χ4v) is 3.88. The summed E-state index contributed by atoms with van der Waals surface area (Å²) in [5.74, 6) is 1.39. The fraction of sp³-hybridized carbons (Fsp3) is 0.125. The molecule has 0 radical (unpaired) electrons. The SMILES string of the molecule is COc1ccccc1NC(=O)CSc1nc(-c2ccc(C)cc2)nc2ccccc12. The van der Waals surface area contributed by atoms with E-state index < -0.39 is 0 Å². The van der Waals surface area contributed by atoms with E-state index in [0.29, 0.717) is 17.3 Å². The third-order valence-corrected chi connectivity index (χ3v) is 5.59. The molecule has 0 bridgehead atoms. The molecule has 1 amide bonds. The molecule has 1 N–H and O–H groups in total. The van der Waals surface area contributed by atoms with E-state index in [0.717, 1.165) is 21.5 Å². The Balaban J connectivity index is 1.58. The van der Waals surface area contributed by atoms with Gasteiger partial charge in [0.05, 0.1) is 24.1 Å². The van der Waals surface area contributed by atoms with Crippen molar-refractivity contribution in [3.8, 4) is 17.1 Å². The van der Waals surface area contributed by atoms with Gasteiger partial charge in [-0.05, 0) is 25.1 Å². The van der Waals surface area contributed by atoms with Crippen molar-refractivity contribution in [1.82, 2.24) is 9.97 Å². The maximum atomic E-state index is 12.6. The molecular weight excluding hydrogens is 394 g/mol. The maximum Gasteiger partial charge on any atom is 0.234 e. The number of anilines is 1. The second-order valence-corrected chi connectivity index (χ2v) is 7.74. The number of hydrogen-bond donors (Lipinski definition) is 1. The molecule has 30 heavy (non-hydrogen) atoms. The van der Waals surface area contributed by atoms with Gasteiger partial charge in [0.2, 0.25) is 5.91 Å². The number of aryl methyl sites for hydroxylation is 1. The van der Waals surface area contributed by atoms with Crippen molar-refractivity contribution in [2.24, 2.45) is 0 Å². The molecule has 6 heteroatoms. The van der Waals surface area contributed by atoms with Crippen molar-refractivity contribution >= 4 is 34.3 Å². The summed E-state index contributed by atoms with van der Waals surface area (Å²) in [6, 6.07) is 23.3. The van der Waals surface area contributed by atoms with E-state index in [1.807, 2.05) is 79.7 Å². The van der Waals surface area contributed by atoms with Gasteiger partial charge in [-0.25, -0.2) is 9.97 Å². The maximum absolute atomic E-state index is 12.6. The minimum Gasteiger partial charge on any atom is -0.495 e. The summed E-state index contributed by atoms with van der Waals surface area (Å²) >= 11 is 1.40. The van der Waals surface area contributed by atoms with Gasteiger partial charge in [-0.1, -0.05) is 71.9 Å². The number of methoxy groups -OCH3 is 1. The molecule has 0 aliphatic heterocycles. The van der Waals surface area contributed by atoms with E-state index in [2.05, 4.69) is 5.32 Å². The van der Waals surface area contributed by atoms with Crippen molar-refractivity contribution in [2.75, 3.05) is 18.2 Å². The average molecular weight is 416 g/mol. The molecule has 0 atom stereocenters. The number of nitrogens with zero attached hydrogens (tertiary/aromatic N) is 2. The number of amides is 1. The van der Waals surface area contributed by atoms with E-state index in [9.17, 15) is 4.79 Å². The lowest BCUT2D eigenvalue weighted by Crippen LogP contribution is -2.14. The lowest BCUT2D eigenvalue weighted by atomic mass is 10.1. The van der Waals surface area contributed by atoms with Crippen LogP contribution in [0.4, 0.5) is 5.69 Å². The highest BCUT2D eigenvalue weighted by atomic mass is 32.2. The number of hydrogen-bond acceptors (Lipinski definition) is 5. The zero-order valence-electron chi connectivity index (χ0n) is 16.8. The Morgan fingerprint density at radius 1 is 0.967 bits per heavy atom. The van der Waals surface area contributed by atoms with E-state index >= 15 is 0 Å². The third-order valence-electron chi connectivity index (χ3n) is 4.60. The van der Waals surface area contributed by atoms with Gasteiger partial charge in [0.25, 0.3) is 0 Å². The molecule has 150 valence electrons. The van der Waals surface area contributed by atoms with Gasteiger partial charge >= 0.3 is 0 Å². The summed E-state index contributed by atoms with van der Waals surface area (Å²) in [7, 11) is 1.58. The predicted molar refractivity (Wildman–Crippen MR) is 122 cm³/mol. The van der Waals surface area contributed by atoms with Crippen LogP contribution in [0.3, 0.4) is 0 Å². The quantitative estimate of drug-likeness (QED) is 0.340. The van der Waals surface area contributed by atoms with Gasteiger partial charge in [0.15, 0.2) is 5.82 Å². The van der Waals surface area contributed by atoms with Crippen molar-refractivity contribution in [2.45, 2.75) is 11.9 Å². The average Bonchev–Trinajstić information content (AvgIpc) is 2.78. The number of nitrogens with one attached hydrogen (secondary N) is 1. The minimum absolute atomic E-state index is 0.121. The van der Waals surface area contributed by atoms with Crippen LogP contribution in [-0.4, -0.2) is 28.7 Å². The summed E-state index contributed by atoms with van der Waals surface area (Å²) in [5.41, 5.74) is 3.64. The molecule has 1 aromatic heterocycles. The molecule has 3 aromatic carbocycles. The van der Waals surface area contributed by atoms with Crippen LogP contribution in [0.5, 0.6) is 5.75 Å². The van der Waals surface area contributed by atoms with Crippen molar-refractivity contribution in [3.05, 3.63) is 78.4 Å². The molecule has 0 aliphatic carbocycles. The first-order valence-corrected chi connectivity index (χ1v) is 10.5. The van der Waals surface area contributed by atoms with E-state index in [1.165, 1.54) is 17.3 Å². The van der Waals surface area contributed by atoms with Crippen LogP contribution < -0.4 is 10.1 Å². The Hall–Kier alpha value is -3.38. The van der Waals surface area contributed by atoms with Gasteiger partial charge in [-0.3, -0.25) is 4.79 Å². The zero-order valence-corrected chi connectivity index (χ0v) is 17.6. The Morgan fingerprint density at radius 2 is 1.70 bits per heavy atom. The first-order valence-electron chi connectivity index (χ1n) is 9.53. The molecule has 4 aromatic rings. The van der Waals surface area contributed by atoms with E-state index in [4.69, 9.17) is 14.7 Å². The van der Waals surface area contributed by atoms with Crippen molar-refractivity contribution in [1.29, 1.82) is 0 Å². The second kappa shape index (κ2) is 8.97. The van der Waals surface area contributed by atoms with Crippen molar-refractivity contribution in [3.63, 3.8) is 0 Å². The first-order chi connectivity index (χ1) is 14.6. The number of para-hydroxylation sites is 3. The van der Waals surface area contributed by atoms with Gasteiger partial charge in [0.1, 0.15) is 10.8 Å². The van der Waals surface area contributed by atoms with E-state index in [-0.39, 0.29) is 11.7 Å². The molecule has 0 fully saturated rings. The number of carbonyl (C=O) groups excluding carboxylic acids is 1. The van der Waals surface area contributed by atoms with Gasteiger partial charge in [-0.2, -0.15) is 0 Å². The Morgan fingerprint density at radius 3 is 2.50 bits per heavy atom. The topological polar surface area (TPSA) is 64.1 Å². The highest BCUT2D eigenvalue weighted by Gasteiger charge is 2.13. The summed E-state index contributed by atoms with van der Waals surface area (Å²) in [6.45, 7) is 2.05. The monoisotopic (exact) mass is 415 g/mol. The lowest BCUT2D eigenvalue weighted by Gasteiger charge is -2.11. The summed E-state index contributed by atoms with van der Waals surface area (Å²) in [4.78, 5) is 22.0. The molecule has 0 unspecified atom stereocenters. The lowest BCUT2D eigenvalue weighted by molar-refractivity contribution is -0.113. The molecule has 5 nitrogen and oxygen atoms in total. The molecule has 0 spiro atoms. The highest BCUT2D eigenvalue weighted by Crippen LogP contribution is 2.29. The number of fused-ring (bicyclic) bond motifs is 1. The molecule has 0 saturated heterocycles. The summed E-state index contributed by atoms with van der Waals surface area (Å²) < 4.78 is 5.30. The van der Waals surface area contributed by atoms with E-state index in [1.54, 1.807) is 7.11 Å². The van der Waals surface area contributed by atoms with Gasteiger partial charge in [0, 0.05) is 10.9 Å². The van der Waals surface area contributed by atoms with Crippen molar-refractivity contribution < 1.29 is 9.53 Å². The Labute approximate surface area is 179 Å². The number of benzene rings is 3. The standard InChI is InChI=1S/C24H21N3O2S/c1-16-11-13-17(14-12-16)23-26-19-8-4-3-7-18(19)24(27-23)30-15-22(28)25-20-9-5-6-10-21(20)29-2/h3-14H,15H2,1-2H3,(H,25,28). The summed E-state index contributed by atoms with van der Waals surface area (Å²) in [6.07, 6.45) is 0. The van der Waals surface area contributed by atoms with Crippen LogP contribution in [-0.2, 0) is 4.79 Å². The predicted octanol–water partition coefficient (Wildman–Crippen LogP) is 5.34. The molecule has 0 saturated carbocycles. The van der Waals surface area contributed by atoms with Crippen LogP contribution in [0.15, 0.2) is 77.8 Å². The van der Waals surface area contributed by atoms with Crippen LogP contribution in [0.2, 0.25) is 0 Å².